The van der Waals surface area contributed by atoms with Crippen LogP contribution in [0.3, 0.4) is 0 Å². The van der Waals surface area contributed by atoms with E-state index in [-0.39, 0.29) is 18.2 Å². The summed E-state index contributed by atoms with van der Waals surface area (Å²) in [4.78, 5) is 17.8. The van der Waals surface area contributed by atoms with E-state index in [0.29, 0.717) is 26.2 Å². The van der Waals surface area contributed by atoms with Crippen LogP contribution in [-0.2, 0) is 11.3 Å². The van der Waals surface area contributed by atoms with Crippen molar-refractivity contribution in [1.29, 1.82) is 0 Å². The number of guanidine groups is 1. The Morgan fingerprint density at radius 1 is 1.33 bits per heavy atom. The second kappa shape index (κ2) is 10.6. The lowest BCUT2D eigenvalue weighted by Gasteiger charge is -2.32. The fourth-order valence-electron chi connectivity index (χ4n) is 3.00. The molecule has 1 aromatic carbocycles. The van der Waals surface area contributed by atoms with Gasteiger partial charge in [-0.05, 0) is 51.3 Å². The Balaban J connectivity index is 1.79. The number of aliphatic imine (C=N–C) groups is 1. The third kappa shape index (κ3) is 7.00. The molecule has 1 aliphatic heterocycles. The van der Waals surface area contributed by atoms with Gasteiger partial charge < -0.3 is 25.0 Å². The van der Waals surface area contributed by atoms with Gasteiger partial charge in [0.25, 0.3) is 0 Å². The third-order valence-corrected chi connectivity index (χ3v) is 4.32. The van der Waals surface area contributed by atoms with E-state index >= 15 is 0 Å². The quantitative estimate of drug-likeness (QED) is 0.590. The van der Waals surface area contributed by atoms with E-state index in [1.807, 2.05) is 39.0 Å². The highest BCUT2D eigenvalue weighted by Gasteiger charge is 2.23. The molecule has 0 spiro atoms. The number of amides is 1. The van der Waals surface area contributed by atoms with Crippen molar-refractivity contribution in [1.82, 2.24) is 15.5 Å². The van der Waals surface area contributed by atoms with E-state index in [2.05, 4.69) is 21.7 Å². The first-order chi connectivity index (χ1) is 13.0. The Morgan fingerprint density at radius 2 is 2.07 bits per heavy atom. The first kappa shape index (κ1) is 20.9. The van der Waals surface area contributed by atoms with Crippen molar-refractivity contribution < 1.29 is 14.3 Å². The van der Waals surface area contributed by atoms with Gasteiger partial charge in [0.2, 0.25) is 0 Å². The molecular weight excluding hydrogens is 344 g/mol. The molecule has 7 nitrogen and oxygen atoms in total. The highest BCUT2D eigenvalue weighted by Crippen LogP contribution is 2.15. The van der Waals surface area contributed by atoms with Crippen LogP contribution in [0.25, 0.3) is 0 Å². The Morgan fingerprint density at radius 3 is 2.70 bits per heavy atom. The number of benzene rings is 1. The molecule has 0 bridgehead atoms. The van der Waals surface area contributed by atoms with Crippen LogP contribution in [0.5, 0.6) is 5.75 Å². The highest BCUT2D eigenvalue weighted by atomic mass is 16.6. The molecule has 1 heterocycles. The van der Waals surface area contributed by atoms with E-state index in [1.54, 1.807) is 11.9 Å². The molecule has 1 fully saturated rings. The van der Waals surface area contributed by atoms with Gasteiger partial charge in [0, 0.05) is 32.7 Å². The topological polar surface area (TPSA) is 75.2 Å². The van der Waals surface area contributed by atoms with Crippen molar-refractivity contribution in [2.75, 3.05) is 26.7 Å². The van der Waals surface area contributed by atoms with Gasteiger partial charge in [-0.15, -0.1) is 0 Å². The molecule has 0 atom stereocenters. The zero-order valence-corrected chi connectivity index (χ0v) is 16.8. The monoisotopic (exact) mass is 376 g/mol. The number of rotatable bonds is 6. The molecule has 2 rings (SSSR count). The van der Waals surface area contributed by atoms with Crippen LogP contribution < -0.4 is 15.4 Å². The smallest absolute Gasteiger partial charge is 0.409 e. The van der Waals surface area contributed by atoms with Crippen LogP contribution in [0.15, 0.2) is 29.3 Å². The molecule has 2 N–H and O–H groups in total. The van der Waals surface area contributed by atoms with Crippen molar-refractivity contribution >= 4 is 12.1 Å². The maximum absolute atomic E-state index is 11.8. The first-order valence-corrected chi connectivity index (χ1v) is 9.66. The van der Waals surface area contributed by atoms with Gasteiger partial charge in [-0.2, -0.15) is 0 Å². The summed E-state index contributed by atoms with van der Waals surface area (Å²) in [5.41, 5.74) is 1.13. The number of carbonyl (C=O) groups excluding carboxylic acids is 1. The molecule has 0 aliphatic carbocycles. The molecule has 1 saturated heterocycles. The standard InChI is InChI=1S/C20H32N4O3/c1-5-26-20(25)24-11-9-17(10-12-24)23-19(21-4)22-14-16-7-6-8-18(13-16)27-15(2)3/h6-8,13,15,17H,5,9-12,14H2,1-4H3,(H2,21,22,23). The molecule has 0 aromatic heterocycles. The van der Waals surface area contributed by atoms with E-state index < -0.39 is 0 Å². The van der Waals surface area contributed by atoms with Gasteiger partial charge in [0.1, 0.15) is 5.75 Å². The number of hydrogen-bond acceptors (Lipinski definition) is 4. The summed E-state index contributed by atoms with van der Waals surface area (Å²) in [5.74, 6) is 1.64. The number of nitrogens with one attached hydrogen (secondary N) is 2. The van der Waals surface area contributed by atoms with Gasteiger partial charge in [0.15, 0.2) is 5.96 Å². The van der Waals surface area contributed by atoms with Crippen molar-refractivity contribution in [3.05, 3.63) is 29.8 Å². The molecule has 0 unspecified atom stereocenters. The Labute approximate surface area is 162 Å². The van der Waals surface area contributed by atoms with Crippen LogP contribution >= 0.6 is 0 Å². The summed E-state index contributed by atoms with van der Waals surface area (Å²) in [6, 6.07) is 8.35. The lowest BCUT2D eigenvalue weighted by molar-refractivity contribution is 0.0963. The maximum atomic E-state index is 11.8. The fourth-order valence-corrected chi connectivity index (χ4v) is 3.00. The van der Waals surface area contributed by atoms with Gasteiger partial charge in [-0.25, -0.2) is 4.79 Å². The van der Waals surface area contributed by atoms with Crippen molar-refractivity contribution in [3.63, 3.8) is 0 Å². The van der Waals surface area contributed by atoms with E-state index in [1.165, 1.54) is 0 Å². The largest absolute Gasteiger partial charge is 0.491 e. The molecule has 7 heteroatoms. The molecule has 1 aromatic rings. The van der Waals surface area contributed by atoms with Crippen molar-refractivity contribution in [3.8, 4) is 5.75 Å². The molecule has 1 amide bonds. The lowest BCUT2D eigenvalue weighted by Crippen LogP contribution is -2.49. The summed E-state index contributed by atoms with van der Waals surface area (Å²) in [5, 5.41) is 6.79. The number of likely N-dealkylation sites (tertiary alicyclic amines) is 1. The Hall–Kier alpha value is -2.44. The predicted molar refractivity (Wildman–Crippen MR) is 107 cm³/mol. The first-order valence-electron chi connectivity index (χ1n) is 9.66. The normalized spacial score (nSPS) is 15.6. The number of nitrogens with zero attached hydrogens (tertiary/aromatic N) is 2. The second-order valence-corrected chi connectivity index (χ2v) is 6.84. The molecule has 27 heavy (non-hydrogen) atoms. The lowest BCUT2D eigenvalue weighted by atomic mass is 10.1. The number of hydrogen-bond donors (Lipinski definition) is 2. The third-order valence-electron chi connectivity index (χ3n) is 4.32. The molecular formula is C20H32N4O3. The zero-order chi connectivity index (χ0) is 19.6. The van der Waals surface area contributed by atoms with Gasteiger partial charge in [-0.1, -0.05) is 12.1 Å². The van der Waals surface area contributed by atoms with Crippen LogP contribution in [0, 0.1) is 0 Å². The number of carbonyl (C=O) groups is 1. The Kier molecular flexibility index (Phi) is 8.23. The van der Waals surface area contributed by atoms with Crippen molar-refractivity contribution in [2.45, 2.75) is 52.3 Å². The van der Waals surface area contributed by atoms with Crippen LogP contribution in [0.4, 0.5) is 4.79 Å². The molecule has 0 saturated carbocycles. The molecule has 150 valence electrons. The maximum Gasteiger partial charge on any atom is 0.409 e. The predicted octanol–water partition coefficient (Wildman–Crippen LogP) is 2.76. The van der Waals surface area contributed by atoms with Crippen LogP contribution in [0.1, 0.15) is 39.2 Å². The SMILES string of the molecule is CCOC(=O)N1CCC(NC(=NC)NCc2cccc(OC(C)C)c2)CC1. The second-order valence-electron chi connectivity index (χ2n) is 6.84. The summed E-state index contributed by atoms with van der Waals surface area (Å²) in [6.07, 6.45) is 1.68. The van der Waals surface area contributed by atoms with Gasteiger partial charge >= 0.3 is 6.09 Å². The minimum Gasteiger partial charge on any atom is -0.491 e. The fraction of sp³-hybridized carbons (Fsp3) is 0.600. The Bertz CT molecular complexity index is 625. The minimum absolute atomic E-state index is 0.156. The minimum atomic E-state index is -0.220. The summed E-state index contributed by atoms with van der Waals surface area (Å²) >= 11 is 0. The van der Waals surface area contributed by atoms with Crippen LogP contribution in [0.2, 0.25) is 0 Å². The van der Waals surface area contributed by atoms with Gasteiger partial charge in [-0.3, -0.25) is 4.99 Å². The molecule has 1 aliphatic rings. The average Bonchev–Trinajstić information content (AvgIpc) is 2.65. The average molecular weight is 377 g/mol. The highest BCUT2D eigenvalue weighted by molar-refractivity contribution is 5.80. The van der Waals surface area contributed by atoms with Crippen molar-refractivity contribution in [2.24, 2.45) is 4.99 Å². The number of ether oxygens (including phenoxy) is 2. The van der Waals surface area contributed by atoms with E-state index in [0.717, 1.165) is 30.1 Å². The van der Waals surface area contributed by atoms with E-state index in [9.17, 15) is 4.79 Å². The number of piperidine rings is 1. The zero-order valence-electron chi connectivity index (χ0n) is 16.8. The van der Waals surface area contributed by atoms with E-state index in [4.69, 9.17) is 9.47 Å². The summed E-state index contributed by atoms with van der Waals surface area (Å²) < 4.78 is 10.8. The summed E-state index contributed by atoms with van der Waals surface area (Å²) in [7, 11) is 1.77. The van der Waals surface area contributed by atoms with Gasteiger partial charge in [0.05, 0.1) is 12.7 Å². The molecule has 0 radical (unpaired) electrons. The summed E-state index contributed by atoms with van der Waals surface area (Å²) in [6.45, 7) is 8.33. The van der Waals surface area contributed by atoms with Crippen LogP contribution in [-0.4, -0.2) is 55.8 Å².